The molecule has 1 saturated heterocycles. The van der Waals surface area contributed by atoms with Crippen LogP contribution in [0.25, 0.3) is 0 Å². The zero-order valence-electron chi connectivity index (χ0n) is 26.0. The van der Waals surface area contributed by atoms with Crippen molar-refractivity contribution in [3.63, 3.8) is 0 Å². The molecule has 1 aromatic heterocycles. The van der Waals surface area contributed by atoms with Crippen molar-refractivity contribution >= 4 is 35.4 Å². The molecular weight excluding hydrogens is 681 g/mol. The number of rotatable bonds is 11. The summed E-state index contributed by atoms with van der Waals surface area (Å²) in [4.78, 5) is 43.2. The number of nitrogens with one attached hydrogen (secondary N) is 2. The Morgan fingerprint density at radius 2 is 1.88 bits per heavy atom. The van der Waals surface area contributed by atoms with Gasteiger partial charge in [0.25, 0.3) is 5.91 Å². The van der Waals surface area contributed by atoms with Crippen LogP contribution < -0.4 is 21.3 Å². The highest BCUT2D eigenvalue weighted by molar-refractivity contribution is 6.30. The number of halogens is 6. The number of nitrogens with zero attached hydrogens (tertiary/aromatic N) is 2. The number of alkyl halides is 3. The van der Waals surface area contributed by atoms with E-state index in [2.05, 4.69) is 10.3 Å². The van der Waals surface area contributed by atoms with Crippen molar-refractivity contribution in [2.45, 2.75) is 43.1 Å². The number of morpholine rings is 1. The molecule has 0 unspecified atom stereocenters. The standard InChI is InChI=1S/C32H33ClF5N5O6/c1-47-31(46)43(29(44)28(39)27(18-5-7-21(34)8-6-18)19-3-2-4-20(33)11-19)26-14-40-13-25(35)24(26)10-9-23-12-41-22(15-48-23)16-49-30(45)42-17-32(36,37)38/h2-8,11,13-14,22-23,27-28,41H,9-10,12,15-17,39H2,1H3,(H,42,45)/t22-,23+,27-,28-/m0/s1. The van der Waals surface area contributed by atoms with Gasteiger partial charge in [-0.1, -0.05) is 35.9 Å². The minimum absolute atomic E-state index is 0.0266. The summed E-state index contributed by atoms with van der Waals surface area (Å²) < 4.78 is 81.4. The third kappa shape index (κ3) is 10.3. The summed E-state index contributed by atoms with van der Waals surface area (Å²) >= 11 is 6.22. The van der Waals surface area contributed by atoms with Crippen molar-refractivity contribution < 1.29 is 50.5 Å². The van der Waals surface area contributed by atoms with Crippen LogP contribution in [0.3, 0.4) is 0 Å². The second-order valence-electron chi connectivity index (χ2n) is 11.0. The Morgan fingerprint density at radius 3 is 2.51 bits per heavy atom. The van der Waals surface area contributed by atoms with Crippen LogP contribution in [0.5, 0.6) is 0 Å². The molecule has 4 atom stereocenters. The van der Waals surface area contributed by atoms with Crippen molar-refractivity contribution in [3.05, 3.63) is 94.3 Å². The number of hydrogen-bond acceptors (Lipinski definition) is 9. The van der Waals surface area contributed by atoms with Crippen LogP contribution in [0.1, 0.15) is 29.0 Å². The van der Waals surface area contributed by atoms with Crippen molar-refractivity contribution in [1.29, 1.82) is 0 Å². The molecule has 0 spiro atoms. The monoisotopic (exact) mass is 713 g/mol. The maximum atomic E-state index is 15.3. The molecule has 1 aliphatic rings. The van der Waals surface area contributed by atoms with Gasteiger partial charge in [0.1, 0.15) is 24.8 Å². The third-order valence-corrected chi connectivity index (χ3v) is 7.85. The second-order valence-corrected chi connectivity index (χ2v) is 11.5. The van der Waals surface area contributed by atoms with Gasteiger partial charge < -0.3 is 30.6 Å². The molecule has 1 aliphatic heterocycles. The van der Waals surface area contributed by atoms with E-state index in [0.29, 0.717) is 21.0 Å². The number of carbonyl (C=O) groups is 3. The number of aromatic nitrogens is 1. The zero-order valence-corrected chi connectivity index (χ0v) is 26.8. The summed E-state index contributed by atoms with van der Waals surface area (Å²) in [7, 11) is 1.04. The van der Waals surface area contributed by atoms with Gasteiger partial charge in [-0.3, -0.25) is 9.78 Å². The topological polar surface area (TPSA) is 145 Å². The average Bonchev–Trinajstić information content (AvgIpc) is 3.07. The van der Waals surface area contributed by atoms with Crippen LogP contribution in [0.4, 0.5) is 37.2 Å². The number of carbonyl (C=O) groups excluding carboxylic acids is 3. The number of ether oxygens (including phenoxy) is 3. The largest absolute Gasteiger partial charge is 0.452 e. The van der Waals surface area contributed by atoms with Crippen molar-refractivity contribution in [2.75, 3.05) is 38.3 Å². The molecule has 3 aromatic rings. The molecule has 0 saturated carbocycles. The summed E-state index contributed by atoms with van der Waals surface area (Å²) in [6.45, 7) is -1.55. The van der Waals surface area contributed by atoms with E-state index in [0.717, 1.165) is 19.5 Å². The van der Waals surface area contributed by atoms with E-state index in [1.165, 1.54) is 24.3 Å². The van der Waals surface area contributed by atoms with Gasteiger partial charge in [0.2, 0.25) is 0 Å². The van der Waals surface area contributed by atoms with Crippen molar-refractivity contribution in [2.24, 2.45) is 5.73 Å². The molecule has 0 bridgehead atoms. The molecule has 1 fully saturated rings. The zero-order chi connectivity index (χ0) is 35.7. The predicted octanol–water partition coefficient (Wildman–Crippen LogP) is 4.85. The molecule has 49 heavy (non-hydrogen) atoms. The van der Waals surface area contributed by atoms with Crippen LogP contribution in [-0.2, 0) is 25.4 Å². The summed E-state index contributed by atoms with van der Waals surface area (Å²) in [6.07, 6.45) is -5.26. The summed E-state index contributed by atoms with van der Waals surface area (Å²) in [5.74, 6) is -3.23. The Bertz CT molecular complexity index is 1610. The van der Waals surface area contributed by atoms with E-state index in [-0.39, 0.29) is 43.9 Å². The first-order valence-electron chi connectivity index (χ1n) is 14.9. The number of methoxy groups -OCH3 is 1. The Morgan fingerprint density at radius 1 is 1.14 bits per heavy atom. The van der Waals surface area contributed by atoms with Gasteiger partial charge in [-0.2, -0.15) is 13.2 Å². The van der Waals surface area contributed by atoms with Gasteiger partial charge in [-0.15, -0.1) is 0 Å². The fourth-order valence-corrected chi connectivity index (χ4v) is 5.42. The molecule has 3 amide bonds. The van der Waals surface area contributed by atoms with Gasteiger partial charge >= 0.3 is 18.4 Å². The van der Waals surface area contributed by atoms with Gasteiger partial charge in [-0.25, -0.2) is 23.3 Å². The van der Waals surface area contributed by atoms with Gasteiger partial charge in [0.15, 0.2) is 0 Å². The van der Waals surface area contributed by atoms with E-state index in [1.54, 1.807) is 29.6 Å². The lowest BCUT2D eigenvalue weighted by atomic mass is 9.84. The molecular formula is C32H33ClF5N5O6. The fourth-order valence-electron chi connectivity index (χ4n) is 5.22. The van der Waals surface area contributed by atoms with Gasteiger partial charge in [-0.05, 0) is 48.2 Å². The quantitative estimate of drug-likeness (QED) is 0.238. The predicted molar refractivity (Wildman–Crippen MR) is 167 cm³/mol. The first-order chi connectivity index (χ1) is 23.3. The molecule has 4 N–H and O–H groups in total. The van der Waals surface area contributed by atoms with E-state index in [1.807, 2.05) is 0 Å². The first-order valence-corrected chi connectivity index (χ1v) is 15.3. The highest BCUT2D eigenvalue weighted by atomic mass is 35.5. The van der Waals surface area contributed by atoms with E-state index >= 15 is 4.39 Å². The smallest absolute Gasteiger partial charge is 0.421 e. The minimum atomic E-state index is -4.58. The number of benzene rings is 2. The first kappa shape index (κ1) is 37.4. The van der Waals surface area contributed by atoms with E-state index in [9.17, 15) is 31.9 Å². The van der Waals surface area contributed by atoms with Crippen LogP contribution in [0.2, 0.25) is 5.02 Å². The minimum Gasteiger partial charge on any atom is -0.452 e. The normalized spacial score (nSPS) is 17.5. The van der Waals surface area contributed by atoms with Crippen LogP contribution in [-0.4, -0.2) is 80.9 Å². The molecule has 0 radical (unpaired) electrons. The lowest BCUT2D eigenvalue weighted by molar-refractivity contribution is -0.124. The summed E-state index contributed by atoms with van der Waals surface area (Å²) in [5.41, 5.74) is 7.22. The van der Waals surface area contributed by atoms with Gasteiger partial charge in [0.05, 0.1) is 50.0 Å². The Labute approximate surface area is 282 Å². The maximum absolute atomic E-state index is 15.3. The fraction of sp³-hybridized carbons (Fsp3) is 0.375. The lowest BCUT2D eigenvalue weighted by Crippen LogP contribution is -2.50. The summed E-state index contributed by atoms with van der Waals surface area (Å²) in [5, 5.41) is 4.99. The Balaban J connectivity index is 1.49. The van der Waals surface area contributed by atoms with E-state index in [4.69, 9.17) is 31.5 Å². The molecule has 17 heteroatoms. The molecule has 4 rings (SSSR count). The highest BCUT2D eigenvalue weighted by Crippen LogP contribution is 2.33. The Hall–Kier alpha value is -4.38. The van der Waals surface area contributed by atoms with Crippen molar-refractivity contribution in [3.8, 4) is 0 Å². The molecule has 264 valence electrons. The van der Waals surface area contributed by atoms with Crippen LogP contribution >= 0.6 is 11.6 Å². The number of anilines is 1. The Kier molecular flexibility index (Phi) is 12.9. The molecule has 0 aliphatic carbocycles. The number of imide groups is 1. The second kappa shape index (κ2) is 16.8. The van der Waals surface area contributed by atoms with Crippen molar-refractivity contribution in [1.82, 2.24) is 15.6 Å². The average molecular weight is 714 g/mol. The summed E-state index contributed by atoms with van der Waals surface area (Å²) in [6, 6.07) is 9.82. The lowest BCUT2D eigenvalue weighted by Gasteiger charge is -2.31. The van der Waals surface area contributed by atoms with Crippen LogP contribution in [0, 0.1) is 11.6 Å². The number of nitrogens with two attached hydrogens (primary N) is 1. The SMILES string of the molecule is COC(=O)N(C(=O)[C@@H](N)[C@@H](c1ccc(F)cc1)c1cccc(Cl)c1)c1cncc(F)c1CC[C@@H]1CN[C@H](COC(=O)NCC(F)(F)F)CO1. The third-order valence-electron chi connectivity index (χ3n) is 7.61. The molecule has 2 heterocycles. The maximum Gasteiger partial charge on any atom is 0.421 e. The molecule has 2 aromatic carbocycles. The van der Waals surface area contributed by atoms with E-state index < -0.39 is 66.6 Å². The number of pyridine rings is 1. The number of alkyl carbamates (subject to hydrolysis) is 1. The van der Waals surface area contributed by atoms with Crippen LogP contribution in [0.15, 0.2) is 60.9 Å². The molecule has 11 nitrogen and oxygen atoms in total. The number of amides is 3. The van der Waals surface area contributed by atoms with Gasteiger partial charge in [0, 0.05) is 23.0 Å². The highest BCUT2D eigenvalue weighted by Gasteiger charge is 2.37. The number of hydrogen-bond donors (Lipinski definition) is 3.